The molecule has 0 radical (unpaired) electrons. The van der Waals surface area contributed by atoms with Crippen LogP contribution in [0.1, 0.15) is 303 Å². The van der Waals surface area contributed by atoms with Crippen LogP contribution in [0.25, 0.3) is 0 Å². The van der Waals surface area contributed by atoms with Crippen LogP contribution in [0.2, 0.25) is 0 Å². The van der Waals surface area contributed by atoms with Crippen molar-refractivity contribution in [1.29, 1.82) is 0 Å². The predicted molar refractivity (Wildman–Crippen MR) is 417 cm³/mol. The summed E-state index contributed by atoms with van der Waals surface area (Å²) < 4.78 is 61.1. The van der Waals surface area contributed by atoms with Gasteiger partial charge in [0.25, 0.3) is 0 Å². The topological polar surface area (TPSA) is 231 Å². The van der Waals surface area contributed by atoms with E-state index in [1.165, 1.54) is 70.6 Å². The number of carbonyl (C=O) groups is 3. The average molecular weight is 1460 g/mol. The van der Waals surface area contributed by atoms with Crippen LogP contribution >= 0.6 is 15.6 Å². The number of hydrogen-bond acceptors (Lipinski definition) is 14. The molecule has 0 heterocycles. The van der Waals surface area contributed by atoms with Crippen LogP contribution in [-0.4, -0.2) is 95.9 Å². The molecule has 0 aromatic heterocycles. The van der Waals surface area contributed by atoms with Gasteiger partial charge in [0.2, 0.25) is 0 Å². The van der Waals surface area contributed by atoms with Crippen molar-refractivity contribution in [2.24, 2.45) is 0 Å². The van der Waals surface area contributed by atoms with Crippen molar-refractivity contribution >= 4 is 33.6 Å². The summed E-state index contributed by atoms with van der Waals surface area (Å²) in [6.45, 7) is 2.41. The Morgan fingerprint density at radius 2 is 0.525 bits per heavy atom. The largest absolute Gasteiger partial charge is 0.472 e. The van der Waals surface area contributed by atoms with Crippen LogP contribution in [0.3, 0.4) is 0 Å². The fourth-order valence-electron chi connectivity index (χ4n) is 10.1. The van der Waals surface area contributed by atoms with Gasteiger partial charge in [-0.25, -0.2) is 9.13 Å². The van der Waals surface area contributed by atoms with Crippen LogP contribution in [0, 0.1) is 0 Å². The molecule has 0 amide bonds. The summed E-state index contributed by atoms with van der Waals surface area (Å²) in [6.07, 6.45) is 91.8. The predicted octanol–water partition coefficient (Wildman–Crippen LogP) is 22.9. The first-order valence-corrected chi connectivity index (χ1v) is 42.1. The second-order valence-electron chi connectivity index (χ2n) is 25.7. The summed E-state index contributed by atoms with van der Waals surface area (Å²) >= 11 is 0. The molecule has 0 aliphatic rings. The summed E-state index contributed by atoms with van der Waals surface area (Å²) in [5.41, 5.74) is 0. The fourth-order valence-corrected chi connectivity index (χ4v) is 11.7. The Labute approximate surface area is 613 Å². The molecule has 101 heavy (non-hydrogen) atoms. The van der Waals surface area contributed by atoms with E-state index in [2.05, 4.69) is 167 Å². The normalized spacial score (nSPS) is 14.8. The molecular weight excluding hydrogens is 1310 g/mol. The molecule has 0 aromatic rings. The highest BCUT2D eigenvalue weighted by Gasteiger charge is 2.29. The zero-order valence-corrected chi connectivity index (χ0v) is 64.8. The molecule has 0 saturated carbocycles. The molecule has 5 atom stereocenters. The summed E-state index contributed by atoms with van der Waals surface area (Å²) in [5, 5.41) is 20.6. The smallest absolute Gasteiger partial charge is 0.463 e. The summed E-state index contributed by atoms with van der Waals surface area (Å²) in [7, 11) is -9.80. The highest BCUT2D eigenvalue weighted by atomic mass is 31.2. The van der Waals surface area contributed by atoms with E-state index < -0.39 is 91.5 Å². The molecular formula is C83H140O16P2. The number of aliphatic hydroxyl groups excluding tert-OH is 2. The number of carbonyl (C=O) groups excluding carboxylic acids is 3. The van der Waals surface area contributed by atoms with Crippen molar-refractivity contribution in [2.45, 2.75) is 322 Å². The molecule has 18 heteroatoms. The van der Waals surface area contributed by atoms with E-state index in [0.29, 0.717) is 19.3 Å². The van der Waals surface area contributed by atoms with Crippen LogP contribution in [0.5, 0.6) is 0 Å². The quantitative estimate of drug-likeness (QED) is 0.0146. The Morgan fingerprint density at radius 3 is 0.842 bits per heavy atom. The van der Waals surface area contributed by atoms with Gasteiger partial charge in [-0.3, -0.25) is 32.5 Å². The molecule has 0 aromatic carbocycles. The summed E-state index contributed by atoms with van der Waals surface area (Å²) in [6, 6.07) is 0. The van der Waals surface area contributed by atoms with Gasteiger partial charge in [-0.2, -0.15) is 0 Å². The Kier molecular flexibility index (Phi) is 71.7. The maximum Gasteiger partial charge on any atom is 0.472 e. The minimum Gasteiger partial charge on any atom is -0.463 e. The van der Waals surface area contributed by atoms with Crippen molar-refractivity contribution in [3.05, 3.63) is 146 Å². The molecule has 0 rings (SSSR count). The minimum absolute atomic E-state index is 0.0876. The van der Waals surface area contributed by atoms with Gasteiger partial charge in [-0.05, 0) is 141 Å². The van der Waals surface area contributed by atoms with E-state index in [-0.39, 0.29) is 19.3 Å². The van der Waals surface area contributed by atoms with Crippen molar-refractivity contribution in [1.82, 2.24) is 0 Å². The van der Waals surface area contributed by atoms with Crippen molar-refractivity contribution in [3.8, 4) is 0 Å². The van der Waals surface area contributed by atoms with E-state index in [1.54, 1.807) is 0 Å². The molecule has 0 saturated heterocycles. The van der Waals surface area contributed by atoms with E-state index in [4.69, 9.17) is 32.3 Å². The van der Waals surface area contributed by atoms with Gasteiger partial charge in [-0.15, -0.1) is 0 Å². The molecule has 4 N–H and O–H groups in total. The third-order valence-electron chi connectivity index (χ3n) is 16.0. The fraction of sp³-hybridized carbons (Fsp3) is 0.675. The zero-order chi connectivity index (χ0) is 73.7. The summed E-state index contributed by atoms with van der Waals surface area (Å²) in [5.74, 6) is -1.61. The Balaban J connectivity index is 4.56. The second kappa shape index (κ2) is 75.1. The molecule has 578 valence electrons. The van der Waals surface area contributed by atoms with Gasteiger partial charge in [0.15, 0.2) is 6.10 Å². The highest BCUT2D eigenvalue weighted by molar-refractivity contribution is 7.47. The Morgan fingerprint density at radius 1 is 0.287 bits per heavy atom. The first-order valence-electron chi connectivity index (χ1n) is 39.1. The first kappa shape index (κ1) is 96.4. The monoisotopic (exact) mass is 1450 g/mol. The van der Waals surface area contributed by atoms with Crippen LogP contribution < -0.4 is 0 Å². The lowest BCUT2D eigenvalue weighted by Crippen LogP contribution is -2.30. The van der Waals surface area contributed by atoms with Crippen LogP contribution in [0.15, 0.2) is 146 Å². The summed E-state index contributed by atoms with van der Waals surface area (Å²) in [4.78, 5) is 58.6. The number of hydrogen-bond donors (Lipinski definition) is 4. The molecule has 5 unspecified atom stereocenters. The van der Waals surface area contributed by atoms with Gasteiger partial charge in [0.1, 0.15) is 25.4 Å². The standard InChI is InChI=1S/C83H140O16P2/c1-4-7-10-13-16-19-22-25-27-29-31-33-35-37-38-40-42-43-45-47-49-52-54-57-60-63-66-69-81(86)93-72-78(84)73-95-100(89,90)96-74-79(85)75-97-101(91,92)98-77-80(99-83(88)71-68-65-62-59-56-51-24-21-18-15-12-9-6-3)76-94-82(87)70-67-64-61-58-55-53-50-48-46-44-41-39-36-34-32-30-28-26-23-20-17-14-11-8-5-2/h7-8,10-11,16-17,19-21,24-28,31-34,37-39,41,46,48,78-80,84-85H,4-6,9,12-15,18,22-23,29-30,35-36,40,42-45,47,49-77H2,1-3H3,(H,89,90)(H,91,92)/b10-7-,11-8-,19-16-,20-17-,24-21-,27-25-,28-26-,33-31-,34-32-,38-37-,41-39-,48-46-. The first-order chi connectivity index (χ1) is 49.2. The SMILES string of the molecule is CC/C=C\C/C=C\C/C=C\C/C=C\C/C=C\C/C=C\CCCCCCCCC(=O)OCC(COP(=O)(O)OCC(O)COP(=O)(O)OCC(O)COC(=O)CCCCCCCCCCCCC/C=C\C/C=C\C/C=C\C/C=C\C/C=C\CC)OC(=O)CCCCCCC/C=C\CCCCCC. The van der Waals surface area contributed by atoms with Crippen LogP contribution in [-0.2, 0) is 55.8 Å². The van der Waals surface area contributed by atoms with Gasteiger partial charge >= 0.3 is 33.6 Å². The molecule has 16 nitrogen and oxygen atoms in total. The molecule has 0 aliphatic heterocycles. The second-order valence-corrected chi connectivity index (χ2v) is 28.7. The number of phosphoric ester groups is 2. The molecule has 0 bridgehead atoms. The molecule has 0 aliphatic carbocycles. The lowest BCUT2D eigenvalue weighted by molar-refractivity contribution is -0.161. The Hall–Kier alpha value is -4.57. The van der Waals surface area contributed by atoms with E-state index in [1.807, 2.05) is 0 Å². The lowest BCUT2D eigenvalue weighted by Gasteiger charge is -2.21. The maximum absolute atomic E-state index is 12.9. The van der Waals surface area contributed by atoms with Gasteiger partial charge in [-0.1, -0.05) is 289 Å². The average Bonchev–Trinajstić information content (AvgIpc) is 0.943. The number of allylic oxidation sites excluding steroid dienone is 24. The number of phosphoric acid groups is 2. The number of esters is 3. The number of unbranched alkanes of at least 4 members (excludes halogenated alkanes) is 26. The maximum atomic E-state index is 12.9. The van der Waals surface area contributed by atoms with E-state index in [9.17, 15) is 43.5 Å². The van der Waals surface area contributed by atoms with Crippen molar-refractivity contribution < 1.29 is 75.8 Å². The third kappa shape index (κ3) is 76.4. The highest BCUT2D eigenvalue weighted by Crippen LogP contribution is 2.45. The van der Waals surface area contributed by atoms with Crippen molar-refractivity contribution in [2.75, 3.05) is 39.6 Å². The van der Waals surface area contributed by atoms with E-state index in [0.717, 1.165) is 173 Å². The number of ether oxygens (including phenoxy) is 3. The zero-order valence-electron chi connectivity index (χ0n) is 63.0. The van der Waals surface area contributed by atoms with Crippen molar-refractivity contribution in [3.63, 3.8) is 0 Å². The third-order valence-corrected chi connectivity index (χ3v) is 17.9. The molecule has 0 spiro atoms. The lowest BCUT2D eigenvalue weighted by atomic mass is 10.0. The molecule has 0 fully saturated rings. The van der Waals surface area contributed by atoms with Gasteiger partial charge < -0.3 is 34.2 Å². The Bertz CT molecular complexity index is 2420. The minimum atomic E-state index is -4.94. The van der Waals surface area contributed by atoms with Crippen LogP contribution in [0.4, 0.5) is 0 Å². The van der Waals surface area contributed by atoms with Gasteiger partial charge in [0, 0.05) is 19.3 Å². The van der Waals surface area contributed by atoms with Gasteiger partial charge in [0.05, 0.1) is 26.4 Å². The number of aliphatic hydroxyl groups is 2. The van der Waals surface area contributed by atoms with E-state index >= 15 is 0 Å². The number of rotatable bonds is 73.